The highest BCUT2D eigenvalue weighted by atomic mass is 15.0. The van der Waals surface area contributed by atoms with Gasteiger partial charge in [-0.15, -0.1) is 0 Å². The molecule has 1 heteroatoms. The van der Waals surface area contributed by atoms with Crippen molar-refractivity contribution in [1.29, 1.82) is 0 Å². The monoisotopic (exact) mass is 671 g/mol. The summed E-state index contributed by atoms with van der Waals surface area (Å²) in [5.74, 6) is 0. The van der Waals surface area contributed by atoms with Crippen molar-refractivity contribution in [2.45, 2.75) is 52.4 Å². The van der Waals surface area contributed by atoms with E-state index < -0.39 is 0 Å². The Morgan fingerprint density at radius 2 is 0.750 bits per heavy atom. The summed E-state index contributed by atoms with van der Waals surface area (Å²) in [5, 5.41) is 2.61. The molecule has 0 unspecified atom stereocenters. The summed E-state index contributed by atoms with van der Waals surface area (Å²) in [4.78, 5) is 0. The van der Waals surface area contributed by atoms with Gasteiger partial charge < -0.3 is 4.57 Å². The van der Waals surface area contributed by atoms with Crippen molar-refractivity contribution in [3.05, 3.63) is 175 Å². The van der Waals surface area contributed by atoms with Gasteiger partial charge in [0.2, 0.25) is 0 Å². The van der Waals surface area contributed by atoms with Gasteiger partial charge in [-0.2, -0.15) is 0 Å². The van der Waals surface area contributed by atoms with Crippen LogP contribution < -0.4 is 0 Å². The second-order valence-electron chi connectivity index (χ2n) is 16.3. The van der Waals surface area contributed by atoms with Crippen molar-refractivity contribution >= 4 is 21.8 Å². The van der Waals surface area contributed by atoms with Gasteiger partial charge in [0.15, 0.2) is 0 Å². The first-order valence-corrected chi connectivity index (χ1v) is 18.6. The standard InChI is InChI=1S/C51H45N/c1-49(2)45-32-44-43-25-13-14-26-47(43)52(48(44)33-46(45)50(3,4)51(49,5)6)42-30-40(38-23-15-21-36(27-38)34-17-9-7-10-18-34)29-41(31-42)39-24-16-22-37(28-39)35-19-11-8-12-20-35/h7-33H,1-6H3. The van der Waals surface area contributed by atoms with E-state index in [1.165, 1.54) is 83.1 Å². The Balaban J connectivity index is 1.32. The summed E-state index contributed by atoms with van der Waals surface area (Å²) in [7, 11) is 0. The van der Waals surface area contributed by atoms with E-state index in [1.54, 1.807) is 0 Å². The zero-order valence-corrected chi connectivity index (χ0v) is 31.0. The topological polar surface area (TPSA) is 4.93 Å². The number of para-hydroxylation sites is 1. The van der Waals surface area contributed by atoms with Gasteiger partial charge in [-0.25, -0.2) is 0 Å². The van der Waals surface area contributed by atoms with Crippen LogP contribution in [0, 0.1) is 5.41 Å². The minimum atomic E-state index is 0.00404. The van der Waals surface area contributed by atoms with Crippen molar-refractivity contribution in [3.8, 4) is 50.2 Å². The van der Waals surface area contributed by atoms with Crippen molar-refractivity contribution < 1.29 is 0 Å². The largest absolute Gasteiger partial charge is 0.309 e. The average molecular weight is 672 g/mol. The summed E-state index contributed by atoms with van der Waals surface area (Å²) in [6.07, 6.45) is 0. The zero-order chi connectivity index (χ0) is 35.8. The van der Waals surface area contributed by atoms with Crippen molar-refractivity contribution in [1.82, 2.24) is 4.57 Å². The highest BCUT2D eigenvalue weighted by Crippen LogP contribution is 2.62. The number of hydrogen-bond acceptors (Lipinski definition) is 0. The highest BCUT2D eigenvalue weighted by molar-refractivity contribution is 6.10. The Morgan fingerprint density at radius 3 is 1.29 bits per heavy atom. The van der Waals surface area contributed by atoms with E-state index in [2.05, 4.69) is 210 Å². The summed E-state index contributed by atoms with van der Waals surface area (Å²) >= 11 is 0. The minimum Gasteiger partial charge on any atom is -0.309 e. The molecule has 1 heterocycles. The first kappa shape index (κ1) is 32.3. The second-order valence-corrected chi connectivity index (χ2v) is 16.3. The number of benzene rings is 7. The average Bonchev–Trinajstić information content (AvgIpc) is 3.55. The molecule has 0 amide bonds. The van der Waals surface area contributed by atoms with Crippen LogP contribution in [0.5, 0.6) is 0 Å². The summed E-state index contributed by atoms with van der Waals surface area (Å²) in [5.41, 5.74) is 16.4. The van der Waals surface area contributed by atoms with Gasteiger partial charge in [-0.1, -0.05) is 157 Å². The molecule has 0 atom stereocenters. The van der Waals surface area contributed by atoms with Crippen molar-refractivity contribution in [2.24, 2.45) is 5.41 Å². The summed E-state index contributed by atoms with van der Waals surface area (Å²) in [6, 6.07) is 60.5. The molecular formula is C51H45N. The molecule has 1 aliphatic carbocycles. The third-order valence-corrected chi connectivity index (χ3v) is 13.1. The third-order valence-electron chi connectivity index (χ3n) is 13.1. The Labute approximate surface area is 308 Å². The van der Waals surface area contributed by atoms with Crippen molar-refractivity contribution in [3.63, 3.8) is 0 Å². The lowest BCUT2D eigenvalue weighted by Crippen LogP contribution is -2.42. The van der Waals surface area contributed by atoms with Crippen LogP contribution in [-0.2, 0) is 10.8 Å². The number of nitrogens with zero attached hydrogens (tertiary/aromatic N) is 1. The van der Waals surface area contributed by atoms with Crippen molar-refractivity contribution in [2.75, 3.05) is 0 Å². The molecule has 0 radical (unpaired) electrons. The molecule has 0 bridgehead atoms. The lowest BCUT2D eigenvalue weighted by Gasteiger charge is -2.44. The maximum atomic E-state index is 2.53. The van der Waals surface area contributed by atoms with Crippen LogP contribution in [-0.4, -0.2) is 4.57 Å². The molecule has 8 aromatic rings. The second kappa shape index (κ2) is 11.7. The Morgan fingerprint density at radius 1 is 0.327 bits per heavy atom. The molecule has 0 aliphatic heterocycles. The fourth-order valence-electron chi connectivity index (χ4n) is 8.87. The quantitative estimate of drug-likeness (QED) is 0.172. The van der Waals surface area contributed by atoms with E-state index in [4.69, 9.17) is 0 Å². The van der Waals surface area contributed by atoms with E-state index in [-0.39, 0.29) is 16.2 Å². The van der Waals surface area contributed by atoms with Crippen LogP contribution >= 0.6 is 0 Å². The predicted octanol–water partition coefficient (Wildman–Crippen LogP) is 14.0. The van der Waals surface area contributed by atoms with Crippen LogP contribution in [0.4, 0.5) is 0 Å². The number of fused-ring (bicyclic) bond motifs is 4. The molecule has 0 N–H and O–H groups in total. The molecule has 1 aromatic heterocycles. The maximum Gasteiger partial charge on any atom is 0.0544 e. The van der Waals surface area contributed by atoms with Gasteiger partial charge in [-0.3, -0.25) is 0 Å². The van der Waals surface area contributed by atoms with Gasteiger partial charge >= 0.3 is 0 Å². The van der Waals surface area contributed by atoms with Crippen LogP contribution in [0.25, 0.3) is 72.0 Å². The maximum absolute atomic E-state index is 2.53. The molecule has 52 heavy (non-hydrogen) atoms. The van der Waals surface area contributed by atoms with Crippen LogP contribution in [0.1, 0.15) is 52.7 Å². The van der Waals surface area contributed by atoms with E-state index in [0.29, 0.717) is 0 Å². The van der Waals surface area contributed by atoms with E-state index in [0.717, 1.165) is 0 Å². The Kier molecular flexibility index (Phi) is 7.25. The van der Waals surface area contributed by atoms with Crippen LogP contribution in [0.15, 0.2) is 164 Å². The smallest absolute Gasteiger partial charge is 0.0544 e. The van der Waals surface area contributed by atoms with Gasteiger partial charge in [0, 0.05) is 16.5 Å². The normalized spacial score (nSPS) is 15.6. The van der Waals surface area contributed by atoms with Gasteiger partial charge in [0.25, 0.3) is 0 Å². The Hall–Kier alpha value is -5.66. The molecule has 1 aliphatic rings. The van der Waals surface area contributed by atoms with Gasteiger partial charge in [0.05, 0.1) is 11.0 Å². The van der Waals surface area contributed by atoms with Gasteiger partial charge in [0.1, 0.15) is 0 Å². The summed E-state index contributed by atoms with van der Waals surface area (Å²) < 4.78 is 2.52. The molecule has 254 valence electrons. The Bertz CT molecular complexity index is 2530. The van der Waals surface area contributed by atoms with E-state index in [9.17, 15) is 0 Å². The number of hydrogen-bond donors (Lipinski definition) is 0. The molecule has 7 aromatic carbocycles. The molecule has 1 nitrogen and oxygen atoms in total. The number of aromatic nitrogens is 1. The molecular weight excluding hydrogens is 627 g/mol. The SMILES string of the molecule is CC1(C)c2cc3c4ccccc4n(-c4cc(-c5cccc(-c6ccccc6)c5)cc(-c5cccc(-c6ccccc6)c5)c4)c3cc2C(C)(C)C1(C)C. The lowest BCUT2D eigenvalue weighted by atomic mass is 9.59. The highest BCUT2D eigenvalue weighted by Gasteiger charge is 2.57. The molecule has 0 spiro atoms. The first-order valence-electron chi connectivity index (χ1n) is 18.6. The summed E-state index contributed by atoms with van der Waals surface area (Å²) in [6.45, 7) is 14.7. The minimum absolute atomic E-state index is 0.00404. The van der Waals surface area contributed by atoms with Crippen LogP contribution in [0.2, 0.25) is 0 Å². The molecule has 0 fully saturated rings. The zero-order valence-electron chi connectivity index (χ0n) is 31.0. The molecule has 0 saturated heterocycles. The fourth-order valence-corrected chi connectivity index (χ4v) is 8.87. The fraction of sp³-hybridized carbons (Fsp3) is 0.176. The first-order chi connectivity index (χ1) is 25.0. The lowest BCUT2D eigenvalue weighted by molar-refractivity contribution is 0.125. The number of rotatable bonds is 5. The predicted molar refractivity (Wildman–Crippen MR) is 222 cm³/mol. The van der Waals surface area contributed by atoms with Gasteiger partial charge in [-0.05, 0) is 120 Å². The third kappa shape index (κ3) is 4.83. The molecule has 9 rings (SSSR count). The molecule has 0 saturated carbocycles. The van der Waals surface area contributed by atoms with E-state index >= 15 is 0 Å². The van der Waals surface area contributed by atoms with Crippen LogP contribution in [0.3, 0.4) is 0 Å². The van der Waals surface area contributed by atoms with E-state index in [1.807, 2.05) is 0 Å².